The van der Waals surface area contributed by atoms with Gasteiger partial charge in [0.05, 0.1) is 19.9 Å². The highest BCUT2D eigenvalue weighted by Crippen LogP contribution is 2.15. The normalized spacial score (nSPS) is 10.3. The van der Waals surface area contributed by atoms with Crippen molar-refractivity contribution in [3.05, 3.63) is 72.1 Å². The van der Waals surface area contributed by atoms with E-state index >= 15 is 0 Å². The van der Waals surface area contributed by atoms with Crippen LogP contribution in [0.4, 0.5) is 5.69 Å². The Morgan fingerprint density at radius 1 is 1.13 bits per heavy atom. The summed E-state index contributed by atoms with van der Waals surface area (Å²) in [5, 5.41) is 10.7. The second-order valence-electron chi connectivity index (χ2n) is 4.97. The number of anilines is 1. The van der Waals surface area contributed by atoms with Gasteiger partial charge in [-0.05, 0) is 29.8 Å². The van der Waals surface area contributed by atoms with Crippen LogP contribution in [-0.4, -0.2) is 28.0 Å². The predicted octanol–water partition coefficient (Wildman–Crippen LogP) is 2.59. The van der Waals surface area contributed by atoms with E-state index in [1.165, 1.54) is 0 Å². The van der Waals surface area contributed by atoms with Crippen molar-refractivity contribution < 1.29 is 9.53 Å². The summed E-state index contributed by atoms with van der Waals surface area (Å²) in [6.07, 6.45) is 1.63. The molecule has 0 fully saturated rings. The molecule has 0 aliphatic heterocycles. The molecule has 1 heterocycles. The quantitative estimate of drug-likeness (QED) is 0.786. The summed E-state index contributed by atoms with van der Waals surface area (Å²) in [6.45, 7) is 0.573. The fourth-order valence-electron chi connectivity index (χ4n) is 2.12. The second-order valence-corrected chi connectivity index (χ2v) is 4.97. The number of hydrogen-bond donors (Lipinski definition) is 1. The molecule has 6 heteroatoms. The largest absolute Gasteiger partial charge is 0.497 e. The molecule has 1 N–H and O–H groups in total. The van der Waals surface area contributed by atoms with Crippen LogP contribution in [0.3, 0.4) is 0 Å². The van der Waals surface area contributed by atoms with Gasteiger partial charge in [0.15, 0.2) is 5.69 Å². The Hall–Kier alpha value is -3.15. The fourth-order valence-corrected chi connectivity index (χ4v) is 2.12. The van der Waals surface area contributed by atoms with Gasteiger partial charge in [-0.1, -0.05) is 35.5 Å². The van der Waals surface area contributed by atoms with Gasteiger partial charge in [-0.3, -0.25) is 4.79 Å². The first-order chi connectivity index (χ1) is 11.2. The summed E-state index contributed by atoms with van der Waals surface area (Å²) in [7, 11) is 1.60. The van der Waals surface area contributed by atoms with Crippen molar-refractivity contribution in [2.45, 2.75) is 6.54 Å². The molecule has 116 valence electrons. The number of nitrogens with one attached hydrogen (secondary N) is 1. The van der Waals surface area contributed by atoms with Crippen LogP contribution in [0.2, 0.25) is 0 Å². The molecule has 3 rings (SSSR count). The van der Waals surface area contributed by atoms with Crippen LogP contribution in [0, 0.1) is 0 Å². The van der Waals surface area contributed by atoms with E-state index in [0.29, 0.717) is 12.2 Å². The molecule has 0 saturated carbocycles. The van der Waals surface area contributed by atoms with Gasteiger partial charge in [-0.2, -0.15) is 0 Å². The van der Waals surface area contributed by atoms with Gasteiger partial charge in [-0.15, -0.1) is 5.10 Å². The molecule has 0 atom stereocenters. The van der Waals surface area contributed by atoms with Crippen molar-refractivity contribution in [3.63, 3.8) is 0 Å². The van der Waals surface area contributed by atoms with Crippen LogP contribution in [0.15, 0.2) is 60.8 Å². The number of methoxy groups -OCH3 is 1. The summed E-state index contributed by atoms with van der Waals surface area (Å²) in [5.74, 6) is 0.436. The first-order valence-corrected chi connectivity index (χ1v) is 7.14. The highest BCUT2D eigenvalue weighted by atomic mass is 16.5. The van der Waals surface area contributed by atoms with E-state index in [2.05, 4.69) is 15.6 Å². The van der Waals surface area contributed by atoms with E-state index in [4.69, 9.17) is 4.74 Å². The third kappa shape index (κ3) is 3.74. The molecule has 0 aliphatic carbocycles. The van der Waals surface area contributed by atoms with Crippen molar-refractivity contribution in [3.8, 4) is 5.75 Å². The number of ether oxygens (including phenoxy) is 1. The van der Waals surface area contributed by atoms with E-state index < -0.39 is 0 Å². The minimum atomic E-state index is -0.297. The van der Waals surface area contributed by atoms with Crippen LogP contribution in [-0.2, 0) is 6.54 Å². The third-order valence-electron chi connectivity index (χ3n) is 3.31. The molecule has 0 aliphatic rings. The van der Waals surface area contributed by atoms with Gasteiger partial charge in [0.1, 0.15) is 5.75 Å². The van der Waals surface area contributed by atoms with Gasteiger partial charge in [-0.25, -0.2) is 4.68 Å². The maximum Gasteiger partial charge on any atom is 0.277 e. The smallest absolute Gasteiger partial charge is 0.277 e. The lowest BCUT2D eigenvalue weighted by molar-refractivity contribution is 0.102. The first-order valence-electron chi connectivity index (χ1n) is 7.14. The molecule has 0 unspecified atom stereocenters. The zero-order chi connectivity index (χ0) is 16.1. The molecule has 2 aromatic carbocycles. The number of hydrogen-bond acceptors (Lipinski definition) is 4. The van der Waals surface area contributed by atoms with Crippen molar-refractivity contribution in [1.82, 2.24) is 15.0 Å². The topological polar surface area (TPSA) is 69.0 Å². The molecular weight excluding hydrogens is 292 g/mol. The van der Waals surface area contributed by atoms with Crippen molar-refractivity contribution in [2.75, 3.05) is 12.4 Å². The Balaban J connectivity index is 1.66. The van der Waals surface area contributed by atoms with Gasteiger partial charge in [0.2, 0.25) is 0 Å². The maximum absolute atomic E-state index is 12.2. The summed E-state index contributed by atoms with van der Waals surface area (Å²) in [5.41, 5.74) is 2.05. The third-order valence-corrected chi connectivity index (χ3v) is 3.31. The minimum Gasteiger partial charge on any atom is -0.497 e. The Labute approximate surface area is 133 Å². The van der Waals surface area contributed by atoms with E-state index in [1.807, 2.05) is 30.3 Å². The Kier molecular flexibility index (Phi) is 4.33. The Morgan fingerprint density at radius 3 is 2.57 bits per heavy atom. The molecule has 1 amide bonds. The minimum absolute atomic E-state index is 0.275. The van der Waals surface area contributed by atoms with Crippen LogP contribution in [0.5, 0.6) is 5.75 Å². The Bertz CT molecular complexity index is 782. The number of nitrogens with zero attached hydrogens (tertiary/aromatic N) is 3. The van der Waals surface area contributed by atoms with E-state index in [0.717, 1.165) is 11.3 Å². The summed E-state index contributed by atoms with van der Waals surface area (Å²) in [6, 6.07) is 17.0. The van der Waals surface area contributed by atoms with Crippen molar-refractivity contribution >= 4 is 11.6 Å². The highest BCUT2D eigenvalue weighted by Gasteiger charge is 2.11. The molecule has 0 bridgehead atoms. The molecule has 23 heavy (non-hydrogen) atoms. The number of benzene rings is 2. The monoisotopic (exact) mass is 308 g/mol. The van der Waals surface area contributed by atoms with Gasteiger partial charge in [0.25, 0.3) is 5.91 Å². The average Bonchev–Trinajstić information content (AvgIpc) is 3.05. The molecule has 6 nitrogen and oxygen atoms in total. The molecule has 0 saturated heterocycles. The van der Waals surface area contributed by atoms with E-state index in [1.54, 1.807) is 42.3 Å². The molecule has 1 aromatic heterocycles. The predicted molar refractivity (Wildman–Crippen MR) is 86.5 cm³/mol. The van der Waals surface area contributed by atoms with E-state index in [9.17, 15) is 4.79 Å². The molecule has 0 spiro atoms. The second kappa shape index (κ2) is 6.74. The lowest BCUT2D eigenvalue weighted by Gasteiger charge is -2.04. The van der Waals surface area contributed by atoms with E-state index in [-0.39, 0.29) is 11.6 Å². The van der Waals surface area contributed by atoms with Crippen LogP contribution < -0.4 is 10.1 Å². The zero-order valence-corrected chi connectivity index (χ0v) is 12.6. The number of aromatic nitrogens is 3. The first kappa shape index (κ1) is 14.8. The maximum atomic E-state index is 12.2. The van der Waals surface area contributed by atoms with Gasteiger partial charge >= 0.3 is 0 Å². The number of amides is 1. The molecular formula is C17H16N4O2. The number of rotatable bonds is 5. The molecule has 0 radical (unpaired) electrons. The van der Waals surface area contributed by atoms with Crippen molar-refractivity contribution in [1.29, 1.82) is 0 Å². The molecule has 3 aromatic rings. The van der Waals surface area contributed by atoms with Crippen LogP contribution >= 0.6 is 0 Å². The van der Waals surface area contributed by atoms with Gasteiger partial charge in [0, 0.05) is 5.69 Å². The lowest BCUT2D eigenvalue weighted by Crippen LogP contribution is -2.12. The lowest BCUT2D eigenvalue weighted by atomic mass is 10.2. The number of carbonyl (C=O) groups is 1. The summed E-state index contributed by atoms with van der Waals surface area (Å²) in [4.78, 5) is 12.2. The van der Waals surface area contributed by atoms with Crippen molar-refractivity contribution in [2.24, 2.45) is 0 Å². The SMILES string of the molecule is COc1ccc(NC(=O)c2cn(Cc3ccccc3)nn2)cc1. The van der Waals surface area contributed by atoms with Crippen LogP contribution in [0.25, 0.3) is 0 Å². The fraction of sp³-hybridized carbons (Fsp3) is 0.118. The Morgan fingerprint density at radius 2 is 1.87 bits per heavy atom. The standard InChI is InChI=1S/C17H16N4O2/c1-23-15-9-7-14(8-10-15)18-17(22)16-12-21(20-19-16)11-13-5-3-2-4-6-13/h2-10,12H,11H2,1H3,(H,18,22). The van der Waals surface area contributed by atoms with Crippen LogP contribution in [0.1, 0.15) is 16.1 Å². The summed E-state index contributed by atoms with van der Waals surface area (Å²) >= 11 is 0. The number of carbonyl (C=O) groups excluding carboxylic acids is 1. The zero-order valence-electron chi connectivity index (χ0n) is 12.6. The highest BCUT2D eigenvalue weighted by molar-refractivity contribution is 6.02. The average molecular weight is 308 g/mol. The van der Waals surface area contributed by atoms with Gasteiger partial charge < -0.3 is 10.1 Å². The summed E-state index contributed by atoms with van der Waals surface area (Å²) < 4.78 is 6.72.